The molecule has 7 nitrogen and oxygen atoms in total. The number of amides is 1. The van der Waals surface area contributed by atoms with Gasteiger partial charge in [-0.05, 0) is 24.1 Å². The highest BCUT2D eigenvalue weighted by Gasteiger charge is 2.37. The molecule has 1 aliphatic heterocycles. The molecule has 0 saturated carbocycles. The Morgan fingerprint density at radius 2 is 2.03 bits per heavy atom. The first-order valence-electron chi connectivity index (χ1n) is 9.56. The molecule has 156 valence electrons. The van der Waals surface area contributed by atoms with E-state index in [1.807, 2.05) is 0 Å². The number of unbranched alkanes of at least 4 members (excludes halogenated alkanes) is 1. The molecule has 0 bridgehead atoms. The summed E-state index contributed by atoms with van der Waals surface area (Å²) >= 11 is 1.36. The van der Waals surface area contributed by atoms with Gasteiger partial charge in [-0.1, -0.05) is 55.8 Å². The minimum absolute atomic E-state index is 0.0328. The molecule has 1 unspecified atom stereocenters. The second-order valence-corrected chi connectivity index (χ2v) is 7.95. The van der Waals surface area contributed by atoms with Gasteiger partial charge in [-0.3, -0.25) is 19.8 Å². The molecule has 2 aromatic carbocycles. The third-order valence-electron chi connectivity index (χ3n) is 4.52. The van der Waals surface area contributed by atoms with Crippen LogP contribution in [-0.2, 0) is 11.3 Å². The van der Waals surface area contributed by atoms with Gasteiger partial charge in [-0.25, -0.2) is 4.39 Å². The minimum Gasteiger partial charge on any atom is -0.284 e. The number of thioether (sulfide) groups is 1. The molecule has 1 aliphatic rings. The zero-order valence-electron chi connectivity index (χ0n) is 16.4. The Hall–Kier alpha value is -3.07. The molecule has 0 spiro atoms. The van der Waals surface area contributed by atoms with E-state index in [1.165, 1.54) is 42.2 Å². The summed E-state index contributed by atoms with van der Waals surface area (Å²) < 4.78 is 13.2. The van der Waals surface area contributed by atoms with Crippen LogP contribution in [0.25, 0.3) is 0 Å². The Morgan fingerprint density at radius 1 is 1.27 bits per heavy atom. The first kappa shape index (κ1) is 21.6. The Labute approximate surface area is 177 Å². The largest absolute Gasteiger partial charge is 0.284 e. The molecular weight excluding hydrogens is 407 g/mol. The molecule has 30 heavy (non-hydrogen) atoms. The maximum absolute atomic E-state index is 13.2. The molecule has 0 radical (unpaired) electrons. The molecule has 1 fully saturated rings. The quantitative estimate of drug-likeness (QED) is 0.345. The van der Waals surface area contributed by atoms with Crippen molar-refractivity contribution in [3.05, 3.63) is 75.6 Å². The summed E-state index contributed by atoms with van der Waals surface area (Å²) in [6.45, 7) is 2.35. The van der Waals surface area contributed by atoms with Crippen molar-refractivity contribution in [3.8, 4) is 0 Å². The summed E-state index contributed by atoms with van der Waals surface area (Å²) in [5, 5.41) is 19.4. The number of carbonyl (C=O) groups excluding carboxylic acids is 1. The highest BCUT2D eigenvalue weighted by Crippen LogP contribution is 2.32. The lowest BCUT2D eigenvalue weighted by Gasteiger charge is -2.15. The second-order valence-electron chi connectivity index (χ2n) is 6.78. The topological polar surface area (TPSA) is 88.2 Å². The van der Waals surface area contributed by atoms with Gasteiger partial charge in [-0.2, -0.15) is 5.10 Å². The van der Waals surface area contributed by atoms with Crippen molar-refractivity contribution in [2.45, 2.75) is 38.0 Å². The van der Waals surface area contributed by atoms with Crippen molar-refractivity contribution in [2.24, 2.45) is 10.2 Å². The Kier molecular flexibility index (Phi) is 7.29. The predicted octanol–water partition coefficient (Wildman–Crippen LogP) is 4.76. The Morgan fingerprint density at radius 3 is 2.73 bits per heavy atom. The normalized spacial score (nSPS) is 17.9. The zero-order valence-corrected chi connectivity index (χ0v) is 17.2. The van der Waals surface area contributed by atoms with Crippen LogP contribution in [-0.4, -0.2) is 32.4 Å². The fourth-order valence-electron chi connectivity index (χ4n) is 2.94. The summed E-state index contributed by atoms with van der Waals surface area (Å²) in [5.41, 5.74) is 1.29. The number of non-ortho nitro benzene ring substituents is 1. The van der Waals surface area contributed by atoms with Crippen molar-refractivity contribution < 1.29 is 14.1 Å². The summed E-state index contributed by atoms with van der Waals surface area (Å²) in [6, 6.07) is 12.0. The third-order valence-corrected chi connectivity index (χ3v) is 5.76. The summed E-state index contributed by atoms with van der Waals surface area (Å²) in [5.74, 6) is -0.376. The average molecular weight is 428 g/mol. The van der Waals surface area contributed by atoms with Gasteiger partial charge in [0.15, 0.2) is 5.17 Å². The number of amidine groups is 1. The number of rotatable bonds is 8. The molecule has 9 heteroatoms. The number of nitro benzene ring substituents is 1. The number of halogens is 1. The highest BCUT2D eigenvalue weighted by atomic mass is 32.2. The maximum Gasteiger partial charge on any atom is 0.270 e. The minimum atomic E-state index is -0.475. The van der Waals surface area contributed by atoms with Crippen LogP contribution < -0.4 is 0 Å². The van der Waals surface area contributed by atoms with E-state index in [9.17, 15) is 19.3 Å². The van der Waals surface area contributed by atoms with Crippen LogP contribution in [0.2, 0.25) is 0 Å². The standard InChI is InChI=1S/C21H21FN4O3S/c1-2-3-7-19-20(27)25(14-15-8-10-17(22)11-9-15)21(30-19)24-23-13-16-5-4-6-18(12-16)26(28)29/h4-6,8-13,19H,2-3,7,14H2,1H3. The lowest BCUT2D eigenvalue weighted by molar-refractivity contribution is -0.384. The van der Waals surface area contributed by atoms with Gasteiger partial charge in [0.2, 0.25) is 5.91 Å². The SMILES string of the molecule is CCCCC1SC(=NN=Cc2cccc([N+](=O)[O-])c2)N(Cc2ccc(F)cc2)C1=O. The van der Waals surface area contributed by atoms with Crippen LogP contribution in [0.5, 0.6) is 0 Å². The van der Waals surface area contributed by atoms with E-state index in [-0.39, 0.29) is 29.2 Å². The molecule has 1 saturated heterocycles. The van der Waals surface area contributed by atoms with E-state index >= 15 is 0 Å². The van der Waals surface area contributed by atoms with E-state index in [1.54, 1.807) is 29.2 Å². The van der Waals surface area contributed by atoms with Gasteiger partial charge in [0, 0.05) is 17.7 Å². The smallest absolute Gasteiger partial charge is 0.270 e. The highest BCUT2D eigenvalue weighted by molar-refractivity contribution is 8.15. The second kappa shape index (κ2) is 10.1. The van der Waals surface area contributed by atoms with E-state index in [2.05, 4.69) is 17.1 Å². The van der Waals surface area contributed by atoms with Crippen LogP contribution >= 0.6 is 11.8 Å². The molecule has 2 aromatic rings. The van der Waals surface area contributed by atoms with Crippen LogP contribution in [0.4, 0.5) is 10.1 Å². The lowest BCUT2D eigenvalue weighted by atomic mass is 10.1. The maximum atomic E-state index is 13.2. The molecule has 1 heterocycles. The van der Waals surface area contributed by atoms with Crippen molar-refractivity contribution >= 4 is 34.7 Å². The van der Waals surface area contributed by atoms with Crippen molar-refractivity contribution in [3.63, 3.8) is 0 Å². The van der Waals surface area contributed by atoms with Gasteiger partial charge < -0.3 is 0 Å². The fourth-order valence-corrected chi connectivity index (χ4v) is 4.08. The predicted molar refractivity (Wildman–Crippen MR) is 116 cm³/mol. The average Bonchev–Trinajstić information content (AvgIpc) is 3.03. The van der Waals surface area contributed by atoms with Gasteiger partial charge in [0.1, 0.15) is 5.82 Å². The summed E-state index contributed by atoms with van der Waals surface area (Å²) in [7, 11) is 0. The zero-order chi connectivity index (χ0) is 21.5. The molecule has 0 aromatic heterocycles. The van der Waals surface area contributed by atoms with E-state index in [4.69, 9.17) is 0 Å². The monoisotopic (exact) mass is 428 g/mol. The first-order valence-corrected chi connectivity index (χ1v) is 10.4. The third kappa shape index (κ3) is 5.50. The molecule has 1 amide bonds. The van der Waals surface area contributed by atoms with Crippen LogP contribution in [0.1, 0.15) is 37.3 Å². The van der Waals surface area contributed by atoms with Crippen molar-refractivity contribution in [1.29, 1.82) is 0 Å². The number of hydrogen-bond donors (Lipinski definition) is 0. The lowest BCUT2D eigenvalue weighted by Crippen LogP contribution is -2.31. The molecule has 1 atom stereocenters. The van der Waals surface area contributed by atoms with Gasteiger partial charge in [-0.15, -0.1) is 5.10 Å². The van der Waals surface area contributed by atoms with Crippen LogP contribution in [0.3, 0.4) is 0 Å². The van der Waals surface area contributed by atoms with Gasteiger partial charge in [0.25, 0.3) is 5.69 Å². The van der Waals surface area contributed by atoms with Crippen molar-refractivity contribution in [1.82, 2.24) is 4.90 Å². The number of hydrogen-bond acceptors (Lipinski definition) is 6. The van der Waals surface area contributed by atoms with Gasteiger partial charge >= 0.3 is 0 Å². The van der Waals surface area contributed by atoms with Crippen LogP contribution in [0.15, 0.2) is 58.7 Å². The summed E-state index contributed by atoms with van der Waals surface area (Å²) in [6.07, 6.45) is 4.08. The number of nitro groups is 1. The fraction of sp³-hybridized carbons (Fsp3) is 0.286. The first-order chi connectivity index (χ1) is 14.5. The molecule has 0 aliphatic carbocycles. The number of carbonyl (C=O) groups is 1. The van der Waals surface area contributed by atoms with E-state index in [0.717, 1.165) is 24.8 Å². The van der Waals surface area contributed by atoms with E-state index in [0.29, 0.717) is 10.7 Å². The van der Waals surface area contributed by atoms with Crippen LogP contribution in [0, 0.1) is 15.9 Å². The molecular formula is C21H21FN4O3S. The Balaban J connectivity index is 1.80. The Bertz CT molecular complexity index is 978. The summed E-state index contributed by atoms with van der Waals surface area (Å²) in [4.78, 5) is 24.8. The molecule has 0 N–H and O–H groups in total. The van der Waals surface area contributed by atoms with E-state index < -0.39 is 4.92 Å². The van der Waals surface area contributed by atoms with Gasteiger partial charge in [0.05, 0.1) is 22.9 Å². The number of benzene rings is 2. The van der Waals surface area contributed by atoms with Crippen molar-refractivity contribution in [2.75, 3.05) is 0 Å². The number of nitrogens with zero attached hydrogens (tertiary/aromatic N) is 4. The molecule has 3 rings (SSSR count).